The van der Waals surface area contributed by atoms with Gasteiger partial charge < -0.3 is 10.6 Å². The Balaban J connectivity index is 1.97. The van der Waals surface area contributed by atoms with Crippen LogP contribution in [0.3, 0.4) is 0 Å². The van der Waals surface area contributed by atoms with E-state index in [2.05, 4.69) is 46.7 Å². The summed E-state index contributed by atoms with van der Waals surface area (Å²) in [5.74, 6) is 0. The molecule has 2 rings (SSSR count). The first-order valence-corrected chi connectivity index (χ1v) is 8.54. The molecular formula is C18H29N3O. The molecule has 122 valence electrons. The summed E-state index contributed by atoms with van der Waals surface area (Å²) in [6.07, 6.45) is 4.77. The first-order valence-electron chi connectivity index (χ1n) is 8.54. The highest BCUT2D eigenvalue weighted by atomic mass is 16.2. The van der Waals surface area contributed by atoms with Gasteiger partial charge in [0.15, 0.2) is 0 Å². The van der Waals surface area contributed by atoms with Gasteiger partial charge in [-0.2, -0.15) is 0 Å². The molecule has 1 aromatic carbocycles. The van der Waals surface area contributed by atoms with Crippen molar-refractivity contribution >= 4 is 6.03 Å². The van der Waals surface area contributed by atoms with Crippen LogP contribution in [0.2, 0.25) is 0 Å². The van der Waals surface area contributed by atoms with Crippen LogP contribution < -0.4 is 10.6 Å². The van der Waals surface area contributed by atoms with Gasteiger partial charge in [-0.15, -0.1) is 0 Å². The SMILES string of the molecule is CCC(C)NC(=O)NCC(c1ccccc1)N1CCCCC1. The van der Waals surface area contributed by atoms with Crippen molar-refractivity contribution in [3.8, 4) is 0 Å². The topological polar surface area (TPSA) is 44.4 Å². The first-order chi connectivity index (χ1) is 10.7. The quantitative estimate of drug-likeness (QED) is 0.847. The maximum Gasteiger partial charge on any atom is 0.315 e. The maximum atomic E-state index is 12.0. The van der Waals surface area contributed by atoms with Crippen LogP contribution in [0.25, 0.3) is 0 Å². The summed E-state index contributed by atoms with van der Waals surface area (Å²) in [6, 6.07) is 10.9. The number of hydrogen-bond donors (Lipinski definition) is 2. The van der Waals surface area contributed by atoms with Crippen LogP contribution in [0.4, 0.5) is 4.79 Å². The average molecular weight is 303 g/mol. The number of carbonyl (C=O) groups is 1. The smallest absolute Gasteiger partial charge is 0.315 e. The number of nitrogens with zero attached hydrogens (tertiary/aromatic N) is 1. The van der Waals surface area contributed by atoms with Gasteiger partial charge in [0.2, 0.25) is 0 Å². The standard InChI is InChI=1S/C18H29N3O/c1-3-15(2)20-18(22)19-14-17(16-10-6-4-7-11-16)21-12-8-5-9-13-21/h4,6-7,10-11,15,17H,3,5,8-9,12-14H2,1-2H3,(H2,19,20,22). The van der Waals surface area contributed by atoms with Crippen LogP contribution in [0.1, 0.15) is 51.1 Å². The number of carbonyl (C=O) groups excluding carboxylic acids is 1. The van der Waals surface area contributed by atoms with Gasteiger partial charge in [0.1, 0.15) is 0 Å². The van der Waals surface area contributed by atoms with Crippen LogP contribution in [-0.2, 0) is 0 Å². The Bertz CT molecular complexity index is 443. The lowest BCUT2D eigenvalue weighted by atomic mass is 10.0. The minimum absolute atomic E-state index is 0.0627. The third-order valence-electron chi connectivity index (χ3n) is 4.46. The molecule has 2 N–H and O–H groups in total. The van der Waals surface area contributed by atoms with Gasteiger partial charge in [0.25, 0.3) is 0 Å². The second-order valence-electron chi connectivity index (χ2n) is 6.19. The lowest BCUT2D eigenvalue weighted by Crippen LogP contribution is -2.45. The van der Waals surface area contributed by atoms with Gasteiger partial charge in [-0.3, -0.25) is 4.90 Å². The summed E-state index contributed by atoms with van der Waals surface area (Å²) in [6.45, 7) is 7.00. The molecule has 0 aliphatic carbocycles. The zero-order chi connectivity index (χ0) is 15.8. The largest absolute Gasteiger partial charge is 0.336 e. The fraction of sp³-hybridized carbons (Fsp3) is 0.611. The molecule has 2 unspecified atom stereocenters. The van der Waals surface area contributed by atoms with E-state index in [1.165, 1.54) is 24.8 Å². The summed E-state index contributed by atoms with van der Waals surface area (Å²) in [5, 5.41) is 6.02. The van der Waals surface area contributed by atoms with E-state index in [-0.39, 0.29) is 18.1 Å². The summed E-state index contributed by atoms with van der Waals surface area (Å²) < 4.78 is 0. The van der Waals surface area contributed by atoms with Crippen molar-refractivity contribution in [2.45, 2.75) is 51.6 Å². The highest BCUT2D eigenvalue weighted by Gasteiger charge is 2.22. The zero-order valence-corrected chi connectivity index (χ0v) is 13.8. The third-order valence-corrected chi connectivity index (χ3v) is 4.46. The van der Waals surface area contributed by atoms with Gasteiger partial charge in [-0.25, -0.2) is 4.79 Å². The number of benzene rings is 1. The number of urea groups is 1. The first kappa shape index (κ1) is 16.8. The summed E-state index contributed by atoms with van der Waals surface area (Å²) in [5.41, 5.74) is 1.29. The Morgan fingerprint density at radius 3 is 2.50 bits per heavy atom. The lowest BCUT2D eigenvalue weighted by Gasteiger charge is -2.35. The molecule has 1 aromatic rings. The van der Waals surface area contributed by atoms with Crippen LogP contribution in [0, 0.1) is 0 Å². The van der Waals surface area contributed by atoms with Crippen molar-refractivity contribution in [1.29, 1.82) is 0 Å². The lowest BCUT2D eigenvalue weighted by molar-refractivity contribution is 0.160. The Hall–Kier alpha value is -1.55. The molecule has 4 nitrogen and oxygen atoms in total. The molecule has 0 radical (unpaired) electrons. The molecule has 22 heavy (non-hydrogen) atoms. The monoisotopic (exact) mass is 303 g/mol. The molecule has 0 bridgehead atoms. The minimum Gasteiger partial charge on any atom is -0.336 e. The van der Waals surface area contributed by atoms with E-state index in [0.717, 1.165) is 19.5 Å². The number of rotatable bonds is 6. The maximum absolute atomic E-state index is 12.0. The fourth-order valence-electron chi connectivity index (χ4n) is 2.93. The van der Waals surface area contributed by atoms with Crippen molar-refractivity contribution in [2.75, 3.05) is 19.6 Å². The molecule has 1 aliphatic rings. The summed E-state index contributed by atoms with van der Waals surface area (Å²) in [7, 11) is 0. The van der Waals surface area contributed by atoms with Crippen LogP contribution in [0.5, 0.6) is 0 Å². The average Bonchev–Trinajstić information content (AvgIpc) is 2.57. The van der Waals surface area contributed by atoms with Crippen LogP contribution in [0.15, 0.2) is 30.3 Å². The molecule has 0 saturated carbocycles. The van der Waals surface area contributed by atoms with Crippen molar-refractivity contribution in [3.63, 3.8) is 0 Å². The molecule has 1 fully saturated rings. The third kappa shape index (κ3) is 5.02. The van der Waals surface area contributed by atoms with Gasteiger partial charge >= 0.3 is 6.03 Å². The molecule has 2 amide bonds. The number of piperidine rings is 1. The van der Waals surface area contributed by atoms with Crippen LogP contribution in [-0.4, -0.2) is 36.6 Å². The Kier molecular flexibility index (Phi) is 6.72. The number of hydrogen-bond acceptors (Lipinski definition) is 2. The molecule has 1 heterocycles. The molecule has 4 heteroatoms. The van der Waals surface area contributed by atoms with Crippen molar-refractivity contribution in [3.05, 3.63) is 35.9 Å². The van der Waals surface area contributed by atoms with E-state index in [0.29, 0.717) is 6.54 Å². The fourth-order valence-corrected chi connectivity index (χ4v) is 2.93. The van der Waals surface area contributed by atoms with E-state index in [1.54, 1.807) is 0 Å². The molecule has 1 aliphatic heterocycles. The van der Waals surface area contributed by atoms with Gasteiger partial charge in [0, 0.05) is 12.6 Å². The highest BCUT2D eigenvalue weighted by Crippen LogP contribution is 2.23. The molecule has 1 saturated heterocycles. The van der Waals surface area contributed by atoms with E-state index < -0.39 is 0 Å². The van der Waals surface area contributed by atoms with Crippen LogP contribution >= 0.6 is 0 Å². The molecular weight excluding hydrogens is 274 g/mol. The summed E-state index contributed by atoms with van der Waals surface area (Å²) >= 11 is 0. The van der Waals surface area contributed by atoms with E-state index in [9.17, 15) is 4.79 Å². The van der Waals surface area contributed by atoms with E-state index >= 15 is 0 Å². The molecule has 2 atom stereocenters. The highest BCUT2D eigenvalue weighted by molar-refractivity contribution is 5.74. The second-order valence-corrected chi connectivity index (χ2v) is 6.19. The molecule has 0 spiro atoms. The number of likely N-dealkylation sites (tertiary alicyclic amines) is 1. The van der Waals surface area contributed by atoms with Gasteiger partial charge in [0.05, 0.1) is 6.04 Å². The van der Waals surface area contributed by atoms with Gasteiger partial charge in [-0.05, 0) is 44.8 Å². The minimum atomic E-state index is -0.0627. The number of amides is 2. The zero-order valence-electron chi connectivity index (χ0n) is 13.8. The molecule has 0 aromatic heterocycles. The Labute approximate surface area is 134 Å². The van der Waals surface area contributed by atoms with Crippen molar-refractivity contribution in [1.82, 2.24) is 15.5 Å². The second kappa shape index (κ2) is 8.79. The predicted octanol–water partition coefficient (Wildman–Crippen LogP) is 3.31. The van der Waals surface area contributed by atoms with Crippen molar-refractivity contribution < 1.29 is 4.79 Å². The normalized spacial score (nSPS) is 18.5. The van der Waals surface area contributed by atoms with E-state index in [4.69, 9.17) is 0 Å². The van der Waals surface area contributed by atoms with Crippen molar-refractivity contribution in [2.24, 2.45) is 0 Å². The summed E-state index contributed by atoms with van der Waals surface area (Å²) in [4.78, 5) is 14.5. The van der Waals surface area contributed by atoms with E-state index in [1.807, 2.05) is 13.0 Å². The van der Waals surface area contributed by atoms with Gasteiger partial charge in [-0.1, -0.05) is 43.7 Å². The predicted molar refractivity (Wildman–Crippen MR) is 90.9 cm³/mol. The number of nitrogens with one attached hydrogen (secondary N) is 2. The Morgan fingerprint density at radius 2 is 1.86 bits per heavy atom. The Morgan fingerprint density at radius 1 is 1.18 bits per heavy atom.